The number of anilines is 9. The molecule has 11 aromatic carbocycles. The van der Waals surface area contributed by atoms with Crippen LogP contribution in [0.3, 0.4) is 0 Å². The first-order valence-corrected chi connectivity index (χ1v) is 40.0. The molecule has 11 aromatic rings. The monoisotopic (exact) mass is 1880 g/mol. The maximum atomic E-state index is 13.8. The number of alkyl halides is 6. The zero-order chi connectivity index (χ0) is 79.1. The van der Waals surface area contributed by atoms with Gasteiger partial charge in [-0.25, -0.2) is 4.39 Å². The van der Waals surface area contributed by atoms with Gasteiger partial charge in [0.25, 0.3) is 0 Å². The van der Waals surface area contributed by atoms with Crippen molar-refractivity contribution in [3.8, 4) is 16.9 Å². The van der Waals surface area contributed by atoms with Crippen LogP contribution in [0.1, 0.15) is 79.9 Å². The van der Waals surface area contributed by atoms with E-state index < -0.39 is 60.1 Å². The normalized spacial score (nSPS) is 15.7. The predicted molar refractivity (Wildman–Crippen MR) is 452 cm³/mol. The lowest BCUT2D eigenvalue weighted by Gasteiger charge is -2.40. The molecule has 0 atom stereocenters. The number of rotatable bonds is 16. The Bertz CT molecular complexity index is 4480. The summed E-state index contributed by atoms with van der Waals surface area (Å²) < 4.78 is 128. The van der Waals surface area contributed by atoms with Gasteiger partial charge >= 0.3 is 26.6 Å². The molecule has 24 heteroatoms. The Morgan fingerprint density at radius 2 is 0.591 bits per heavy atom. The quantitative estimate of drug-likeness (QED) is 0.0695. The van der Waals surface area contributed by atoms with Crippen LogP contribution in [0.2, 0.25) is 0 Å². The molecule has 3 saturated heterocycles. The Labute approximate surface area is 689 Å². The second-order valence-corrected chi connectivity index (χ2v) is 34.1. The van der Waals surface area contributed by atoms with Crippen LogP contribution in [0, 0.1) is 11.2 Å². The summed E-state index contributed by atoms with van der Waals surface area (Å²) >= 11 is 20.3. The smallest absolute Gasteiger partial charge is 0.493 e. The second kappa shape index (κ2) is 35.1. The fraction of sp³-hybridized carbons (Fsp3) is 0.233. The molecule has 0 amide bonds. The van der Waals surface area contributed by atoms with E-state index in [1.807, 2.05) is 128 Å². The van der Waals surface area contributed by atoms with Crippen LogP contribution in [0.15, 0.2) is 288 Å². The highest BCUT2D eigenvalue weighted by molar-refractivity contribution is 9.11. The lowest BCUT2D eigenvalue weighted by Crippen LogP contribution is -2.46. The lowest BCUT2D eigenvalue weighted by atomic mass is 9.79. The molecule has 3 aliphatic heterocycles. The molecule has 3 heterocycles. The van der Waals surface area contributed by atoms with E-state index in [1.54, 1.807) is 12.1 Å². The van der Waals surface area contributed by atoms with E-state index in [0.717, 1.165) is 128 Å². The molecule has 0 radical (unpaired) electrons. The van der Waals surface area contributed by atoms with Crippen molar-refractivity contribution in [2.24, 2.45) is 5.41 Å². The third-order valence-electron chi connectivity index (χ3n) is 19.8. The molecule has 0 aromatic heterocycles. The molecule has 0 aliphatic carbocycles. The van der Waals surface area contributed by atoms with Crippen LogP contribution in [-0.2, 0) is 35.7 Å². The second-order valence-electron chi connectivity index (χ2n) is 28.7. The average molecular weight is 1880 g/mol. The molecule has 14 rings (SSSR count). The minimum Gasteiger partial charge on any atom is -0.493 e. The van der Waals surface area contributed by atoms with E-state index in [0.29, 0.717) is 12.1 Å². The van der Waals surface area contributed by atoms with Gasteiger partial charge in [0, 0.05) is 78.0 Å². The number of nitrogens with zero attached hydrogens (tertiary/aromatic N) is 3. The molecule has 3 fully saturated rings. The van der Waals surface area contributed by atoms with Crippen molar-refractivity contribution in [2.75, 3.05) is 34.5 Å². The molecule has 0 N–H and O–H groups in total. The van der Waals surface area contributed by atoms with E-state index >= 15 is 0 Å². The fourth-order valence-electron chi connectivity index (χ4n) is 11.9. The summed E-state index contributed by atoms with van der Waals surface area (Å²) in [5.41, 5.74) is 9.47. The van der Waals surface area contributed by atoms with Gasteiger partial charge in [0.15, 0.2) is 0 Å². The molecule has 3 aliphatic rings. The Hall–Kier alpha value is -7.06. The van der Waals surface area contributed by atoms with Crippen LogP contribution in [0.4, 0.5) is 81.9 Å². The number of ether oxygens (including phenoxy) is 2. The van der Waals surface area contributed by atoms with Gasteiger partial charge in [-0.1, -0.05) is 151 Å². The van der Waals surface area contributed by atoms with E-state index in [2.05, 4.69) is 263 Å². The number of hydrogen-bond donors (Lipinski definition) is 0. The Morgan fingerprint density at radius 3 is 0.836 bits per heavy atom. The number of hydrogen-bond acceptors (Lipinski definition) is 9. The highest BCUT2D eigenvalue weighted by atomic mass is 79.9. The summed E-state index contributed by atoms with van der Waals surface area (Å²) in [6.45, 7) is 21.0. The van der Waals surface area contributed by atoms with Gasteiger partial charge in [-0.05, 0) is 296 Å². The molecule has 9 nitrogen and oxygen atoms in total. The average Bonchev–Trinajstić information content (AvgIpc) is 1.59. The van der Waals surface area contributed by atoms with E-state index in [4.69, 9.17) is 28.1 Å². The predicted octanol–water partition coefficient (Wildman–Crippen LogP) is 27.0. The summed E-state index contributed by atoms with van der Waals surface area (Å²) in [6.07, 6.45) is -8.46. The van der Waals surface area contributed by atoms with Crippen LogP contribution in [0.5, 0.6) is 5.75 Å². The van der Waals surface area contributed by atoms with Gasteiger partial charge < -0.3 is 42.8 Å². The summed E-state index contributed by atoms with van der Waals surface area (Å²) in [4.78, 5) is 6.61. The summed E-state index contributed by atoms with van der Waals surface area (Å²) in [5.74, 6) is 0.652. The van der Waals surface area contributed by atoms with Crippen LogP contribution >= 0.6 is 95.6 Å². The van der Waals surface area contributed by atoms with E-state index in [9.17, 15) is 30.7 Å². The van der Waals surface area contributed by atoms with Crippen molar-refractivity contribution in [3.05, 3.63) is 305 Å². The minimum absolute atomic E-state index is 0.0742. The van der Waals surface area contributed by atoms with Gasteiger partial charge in [-0.2, -0.15) is 26.3 Å². The summed E-state index contributed by atoms with van der Waals surface area (Å²) in [6, 6.07) is 83.0. The third-order valence-corrected chi connectivity index (χ3v) is 22.9. The maximum Gasteiger partial charge on any atom is 0.494 e. The van der Waals surface area contributed by atoms with E-state index in [-0.39, 0.29) is 21.8 Å². The maximum absolute atomic E-state index is 13.8. The molecule has 0 unspecified atom stereocenters. The molecule has 0 bridgehead atoms. The lowest BCUT2D eigenvalue weighted by molar-refractivity contribution is -0.143. The Kier molecular flexibility index (Phi) is 26.8. The largest absolute Gasteiger partial charge is 0.494 e. The highest BCUT2D eigenvalue weighted by Gasteiger charge is 2.53. The molecule has 0 spiro atoms. The first kappa shape index (κ1) is 83.9. The van der Waals surface area contributed by atoms with Gasteiger partial charge in [-0.15, -0.1) is 0 Å². The van der Waals surface area contributed by atoms with Crippen molar-refractivity contribution in [3.63, 3.8) is 0 Å². The molecule has 570 valence electrons. The molecule has 0 saturated carbocycles. The molecular weight excluding hydrogens is 1800 g/mol. The van der Waals surface area contributed by atoms with Crippen molar-refractivity contribution in [1.29, 1.82) is 0 Å². The van der Waals surface area contributed by atoms with Crippen molar-refractivity contribution in [1.82, 2.24) is 0 Å². The number of halogens is 13. The van der Waals surface area contributed by atoms with Gasteiger partial charge in [0.2, 0.25) is 0 Å². The Morgan fingerprint density at radius 1 is 0.345 bits per heavy atom. The van der Waals surface area contributed by atoms with Crippen molar-refractivity contribution >= 4 is 172 Å². The molecule has 110 heavy (non-hydrogen) atoms. The standard InChI is InChI=1S/C36H24Br4N2.C30H36B2FNO4.C12H15BrO2.C8H3BrF6/c37-27-5-17-33(18-6-27)41(34-19-7-28(38)8-20-34)31-13-1-25(2-14-31)26-3-15-32(16-4-26)42(35-21-9-29(39)10-22-35)36-23-11-30(40)12-24-36;1-27(2)28(3,4)36-31(35-27)21-9-15-24(16-10-21)34(26-19-13-23(33)14-20-26)25-17-11-22(12-18-25)32-37-29(5,6)30(7,8)38-32;1-2-12(7-14-8-12)9-15-11-5-3-10(13)4-6-11;9-6-2-4(7(10,11)12)1-5(3-6)8(13,14)15/h1-24H;9-20H,1-8H3;3-6H,2,7-9H2,1H3;1-3H. The zero-order valence-corrected chi connectivity index (χ0v) is 71.0. The van der Waals surface area contributed by atoms with E-state index in [1.165, 1.54) is 12.1 Å². The topological polar surface area (TPSA) is 65.1 Å². The zero-order valence-electron chi connectivity index (χ0n) is 61.5. The van der Waals surface area contributed by atoms with Gasteiger partial charge in [-0.3, -0.25) is 0 Å². The number of benzene rings is 11. The first-order valence-electron chi connectivity index (χ1n) is 35.2. The fourth-order valence-corrected chi connectivity index (χ4v) is 13.7. The van der Waals surface area contributed by atoms with Crippen LogP contribution in [0.25, 0.3) is 11.1 Å². The summed E-state index contributed by atoms with van der Waals surface area (Å²) in [7, 11) is -0.875. The third kappa shape index (κ3) is 20.8. The Balaban J connectivity index is 0.000000160. The SMILES string of the molecule is Brc1ccc(N(c2ccc(Br)cc2)c2ccc(-c3ccc(N(c4ccc(Br)cc4)c4ccc(Br)cc4)cc3)cc2)cc1.CC1(C)OB(c2ccc(N(c3ccc(F)cc3)c3ccc(B4OC(C)(C)C(C)(C)O4)cc3)cc2)OC1(C)C.CCC1(COc2ccc(Br)cc2)COC1.FC(F)(F)c1cc(Br)cc(C(F)(F)F)c1. The highest BCUT2D eigenvalue weighted by Crippen LogP contribution is 2.44. The van der Waals surface area contributed by atoms with Crippen LogP contribution < -0.4 is 30.4 Å². The molecular formula is C86H78B2Br6F7N3O6. The van der Waals surface area contributed by atoms with Gasteiger partial charge in [0.05, 0.1) is 58.8 Å². The van der Waals surface area contributed by atoms with Crippen LogP contribution in [-0.4, -0.2) is 56.5 Å². The van der Waals surface area contributed by atoms with Gasteiger partial charge in [0.1, 0.15) is 11.6 Å². The summed E-state index contributed by atoms with van der Waals surface area (Å²) in [5, 5.41) is 0. The minimum atomic E-state index is -4.79. The van der Waals surface area contributed by atoms with Crippen molar-refractivity contribution in [2.45, 2.75) is 103 Å². The van der Waals surface area contributed by atoms with Crippen molar-refractivity contribution < 1.29 is 58.8 Å². The first-order chi connectivity index (χ1) is 52.0.